The predicted octanol–water partition coefficient (Wildman–Crippen LogP) is 2.33. The van der Waals surface area contributed by atoms with Crippen LogP contribution in [0.25, 0.3) is 11.0 Å². The van der Waals surface area contributed by atoms with E-state index in [-0.39, 0.29) is 6.04 Å². The Kier molecular flexibility index (Phi) is 2.98. The summed E-state index contributed by atoms with van der Waals surface area (Å²) in [5.41, 5.74) is 2.00. The minimum Gasteiger partial charge on any atom is -0.478 e. The number of carboxylic acid groups (broad SMARTS) is 1. The van der Waals surface area contributed by atoms with Crippen LogP contribution in [0.15, 0.2) is 24.5 Å². The predicted molar refractivity (Wildman–Crippen MR) is 70.3 cm³/mol. The molecule has 19 heavy (non-hydrogen) atoms. The molecule has 3 rings (SSSR count). The van der Waals surface area contributed by atoms with Gasteiger partial charge in [0.15, 0.2) is 0 Å². The average Bonchev–Trinajstić information content (AvgIpc) is 3.06. The first-order valence-corrected chi connectivity index (χ1v) is 6.44. The highest BCUT2D eigenvalue weighted by atomic mass is 16.5. The van der Waals surface area contributed by atoms with Gasteiger partial charge in [0.05, 0.1) is 29.5 Å². The summed E-state index contributed by atoms with van der Waals surface area (Å²) in [6.07, 6.45) is 2.83. The SMILES string of the molecule is CC(C1CCOC1)n1cnc2ccc(C(=O)O)cc21. The minimum atomic E-state index is -0.911. The van der Waals surface area contributed by atoms with Gasteiger partial charge in [-0.05, 0) is 31.5 Å². The molecule has 0 radical (unpaired) electrons. The van der Waals surface area contributed by atoms with Crippen LogP contribution in [0.1, 0.15) is 29.7 Å². The first kappa shape index (κ1) is 12.2. The summed E-state index contributed by atoms with van der Waals surface area (Å²) in [5, 5.41) is 9.07. The Balaban J connectivity index is 2.02. The zero-order valence-electron chi connectivity index (χ0n) is 10.7. The van der Waals surface area contributed by atoms with Crippen LogP contribution >= 0.6 is 0 Å². The van der Waals surface area contributed by atoms with Crippen LogP contribution in [0.3, 0.4) is 0 Å². The number of nitrogens with zero attached hydrogens (tertiary/aromatic N) is 2. The van der Waals surface area contributed by atoms with E-state index in [0.29, 0.717) is 11.5 Å². The van der Waals surface area contributed by atoms with Crippen LogP contribution < -0.4 is 0 Å². The van der Waals surface area contributed by atoms with E-state index in [4.69, 9.17) is 9.84 Å². The first-order valence-electron chi connectivity index (χ1n) is 6.44. The molecule has 1 N–H and O–H groups in total. The number of aromatic carboxylic acids is 1. The largest absolute Gasteiger partial charge is 0.478 e. The molecule has 2 heterocycles. The number of hydrogen-bond acceptors (Lipinski definition) is 3. The lowest BCUT2D eigenvalue weighted by Gasteiger charge is -2.20. The third-order valence-electron chi connectivity index (χ3n) is 3.91. The van der Waals surface area contributed by atoms with E-state index in [1.807, 2.05) is 0 Å². The number of hydrogen-bond donors (Lipinski definition) is 1. The fourth-order valence-electron chi connectivity index (χ4n) is 2.64. The van der Waals surface area contributed by atoms with E-state index in [9.17, 15) is 4.79 Å². The minimum absolute atomic E-state index is 0.261. The molecule has 1 aromatic carbocycles. The van der Waals surface area contributed by atoms with Gasteiger partial charge in [0.1, 0.15) is 0 Å². The molecule has 2 unspecified atom stereocenters. The van der Waals surface area contributed by atoms with Crippen molar-refractivity contribution in [1.29, 1.82) is 0 Å². The van der Waals surface area contributed by atoms with Gasteiger partial charge >= 0.3 is 5.97 Å². The van der Waals surface area contributed by atoms with E-state index in [0.717, 1.165) is 30.7 Å². The van der Waals surface area contributed by atoms with Crippen molar-refractivity contribution in [2.24, 2.45) is 5.92 Å². The molecule has 1 aliphatic rings. The fraction of sp³-hybridized carbons (Fsp3) is 0.429. The summed E-state index contributed by atoms with van der Waals surface area (Å²) < 4.78 is 7.48. The van der Waals surface area contributed by atoms with Gasteiger partial charge in [-0.15, -0.1) is 0 Å². The molecule has 2 atom stereocenters. The Bertz CT molecular complexity index is 614. The second-order valence-electron chi connectivity index (χ2n) is 5.02. The number of carboxylic acids is 1. The molecule has 0 amide bonds. The molecule has 0 saturated carbocycles. The standard InChI is InChI=1S/C14H16N2O3/c1-9(11-4-5-19-7-11)16-8-15-12-3-2-10(14(17)18)6-13(12)16/h2-3,6,8-9,11H,4-5,7H2,1H3,(H,17,18). The van der Waals surface area contributed by atoms with Gasteiger partial charge in [-0.2, -0.15) is 0 Å². The molecule has 0 spiro atoms. The number of imidazole rings is 1. The second kappa shape index (κ2) is 4.66. The Morgan fingerprint density at radius 2 is 2.42 bits per heavy atom. The van der Waals surface area contributed by atoms with Gasteiger partial charge in [-0.1, -0.05) is 0 Å². The molecule has 0 aliphatic carbocycles. The van der Waals surface area contributed by atoms with Crippen LogP contribution in [0.5, 0.6) is 0 Å². The average molecular weight is 260 g/mol. The maximum atomic E-state index is 11.1. The number of fused-ring (bicyclic) bond motifs is 1. The summed E-state index contributed by atoms with van der Waals surface area (Å²) in [6.45, 7) is 3.70. The van der Waals surface area contributed by atoms with Crippen LogP contribution in [-0.4, -0.2) is 33.8 Å². The molecule has 1 aliphatic heterocycles. The molecule has 1 aromatic heterocycles. The Labute approximate surface area is 110 Å². The zero-order chi connectivity index (χ0) is 13.4. The Hall–Kier alpha value is -1.88. The molecular weight excluding hydrogens is 244 g/mol. The van der Waals surface area contributed by atoms with Gasteiger partial charge < -0.3 is 14.4 Å². The highest BCUT2D eigenvalue weighted by molar-refractivity contribution is 5.92. The maximum absolute atomic E-state index is 11.1. The zero-order valence-corrected chi connectivity index (χ0v) is 10.7. The Morgan fingerprint density at radius 3 is 3.11 bits per heavy atom. The van der Waals surface area contributed by atoms with E-state index in [1.54, 1.807) is 24.5 Å². The van der Waals surface area contributed by atoms with Crippen LogP contribution in [0.2, 0.25) is 0 Å². The highest BCUT2D eigenvalue weighted by Gasteiger charge is 2.24. The molecule has 100 valence electrons. The lowest BCUT2D eigenvalue weighted by atomic mass is 10.0. The van der Waals surface area contributed by atoms with Crippen molar-refractivity contribution in [3.63, 3.8) is 0 Å². The smallest absolute Gasteiger partial charge is 0.335 e. The van der Waals surface area contributed by atoms with Crippen molar-refractivity contribution >= 4 is 17.0 Å². The second-order valence-corrected chi connectivity index (χ2v) is 5.02. The van der Waals surface area contributed by atoms with E-state index in [1.165, 1.54) is 0 Å². The summed E-state index contributed by atoms with van der Waals surface area (Å²) in [5.74, 6) is -0.447. The van der Waals surface area contributed by atoms with Crippen molar-refractivity contribution in [2.75, 3.05) is 13.2 Å². The van der Waals surface area contributed by atoms with Gasteiger partial charge in [-0.25, -0.2) is 9.78 Å². The Morgan fingerprint density at radius 1 is 1.58 bits per heavy atom. The summed E-state index contributed by atoms with van der Waals surface area (Å²) in [7, 11) is 0. The molecule has 5 heteroatoms. The number of carbonyl (C=O) groups is 1. The molecular formula is C14H16N2O3. The normalized spacial score (nSPS) is 20.8. The van der Waals surface area contributed by atoms with Gasteiger partial charge in [-0.3, -0.25) is 0 Å². The van der Waals surface area contributed by atoms with Crippen LogP contribution in [0, 0.1) is 5.92 Å². The van der Waals surface area contributed by atoms with Crippen LogP contribution in [0.4, 0.5) is 0 Å². The lowest BCUT2D eigenvalue weighted by Crippen LogP contribution is -2.16. The lowest BCUT2D eigenvalue weighted by molar-refractivity contribution is 0.0697. The molecule has 0 bridgehead atoms. The fourth-order valence-corrected chi connectivity index (χ4v) is 2.64. The van der Waals surface area contributed by atoms with Crippen molar-refractivity contribution in [2.45, 2.75) is 19.4 Å². The van der Waals surface area contributed by atoms with Crippen molar-refractivity contribution < 1.29 is 14.6 Å². The van der Waals surface area contributed by atoms with Crippen LogP contribution in [-0.2, 0) is 4.74 Å². The van der Waals surface area contributed by atoms with Crippen molar-refractivity contribution in [3.8, 4) is 0 Å². The molecule has 2 aromatic rings. The van der Waals surface area contributed by atoms with Crippen molar-refractivity contribution in [3.05, 3.63) is 30.1 Å². The summed E-state index contributed by atoms with van der Waals surface area (Å²) in [4.78, 5) is 15.4. The van der Waals surface area contributed by atoms with Gasteiger partial charge in [0.25, 0.3) is 0 Å². The monoisotopic (exact) mass is 260 g/mol. The molecule has 5 nitrogen and oxygen atoms in total. The summed E-state index contributed by atoms with van der Waals surface area (Å²) in [6, 6.07) is 5.30. The third kappa shape index (κ3) is 2.10. The number of aromatic nitrogens is 2. The topological polar surface area (TPSA) is 64.4 Å². The third-order valence-corrected chi connectivity index (χ3v) is 3.91. The van der Waals surface area contributed by atoms with Gasteiger partial charge in [0.2, 0.25) is 0 Å². The van der Waals surface area contributed by atoms with E-state index in [2.05, 4.69) is 16.5 Å². The number of rotatable bonds is 3. The van der Waals surface area contributed by atoms with Gasteiger partial charge in [0, 0.05) is 18.6 Å². The quantitative estimate of drug-likeness (QED) is 0.920. The maximum Gasteiger partial charge on any atom is 0.335 e. The summed E-state index contributed by atoms with van der Waals surface area (Å²) >= 11 is 0. The van der Waals surface area contributed by atoms with E-state index < -0.39 is 5.97 Å². The molecule has 1 saturated heterocycles. The van der Waals surface area contributed by atoms with E-state index >= 15 is 0 Å². The highest BCUT2D eigenvalue weighted by Crippen LogP contribution is 2.29. The van der Waals surface area contributed by atoms with Crippen molar-refractivity contribution in [1.82, 2.24) is 9.55 Å². The first-order chi connectivity index (χ1) is 9.16. The molecule has 1 fully saturated rings. The number of benzene rings is 1. The number of ether oxygens (including phenoxy) is 1.